The second-order valence-electron chi connectivity index (χ2n) is 5.33. The lowest BCUT2D eigenvalue weighted by Gasteiger charge is -2.17. The van der Waals surface area contributed by atoms with E-state index < -0.39 is 0 Å². The van der Waals surface area contributed by atoms with Crippen LogP contribution in [0.25, 0.3) is 0 Å². The molecule has 0 fully saturated rings. The fraction of sp³-hybridized carbons (Fsp3) is 0.294. The fourth-order valence-electron chi connectivity index (χ4n) is 2.54. The van der Waals surface area contributed by atoms with Crippen LogP contribution in [0.5, 0.6) is 11.5 Å². The van der Waals surface area contributed by atoms with Crippen LogP contribution in [0.3, 0.4) is 0 Å². The number of benzene rings is 2. The van der Waals surface area contributed by atoms with Crippen LogP contribution in [0.1, 0.15) is 24.1 Å². The van der Waals surface area contributed by atoms with Crippen molar-refractivity contribution in [2.45, 2.75) is 25.5 Å². The zero-order valence-electron chi connectivity index (χ0n) is 11.9. The monoisotopic (exact) mass is 303 g/mol. The van der Waals surface area contributed by atoms with E-state index in [4.69, 9.17) is 26.8 Å². The molecule has 2 aromatic carbocycles. The summed E-state index contributed by atoms with van der Waals surface area (Å²) in [4.78, 5) is 0. The minimum Gasteiger partial charge on any atom is -0.489 e. The van der Waals surface area contributed by atoms with Gasteiger partial charge in [0, 0.05) is 23.0 Å². The number of ether oxygens (including phenoxy) is 2. The Morgan fingerprint density at radius 1 is 1.33 bits per heavy atom. The maximum atomic E-state index is 6.01. The second-order valence-corrected chi connectivity index (χ2v) is 5.77. The van der Waals surface area contributed by atoms with E-state index in [1.165, 1.54) is 5.56 Å². The highest BCUT2D eigenvalue weighted by Crippen LogP contribution is 2.30. The van der Waals surface area contributed by atoms with E-state index in [0.717, 1.165) is 23.5 Å². The van der Waals surface area contributed by atoms with E-state index in [1.54, 1.807) is 0 Å². The molecule has 0 saturated carbocycles. The molecule has 2 N–H and O–H groups in total. The summed E-state index contributed by atoms with van der Waals surface area (Å²) in [5, 5.41) is 0.666. The summed E-state index contributed by atoms with van der Waals surface area (Å²) in [5.74, 6) is 1.73. The molecule has 0 spiro atoms. The molecule has 0 bridgehead atoms. The minimum atomic E-state index is -0.125. The average Bonchev–Trinajstić information content (AvgIpc) is 2.88. The van der Waals surface area contributed by atoms with Gasteiger partial charge in [-0.1, -0.05) is 29.8 Å². The second kappa shape index (κ2) is 5.96. The van der Waals surface area contributed by atoms with Crippen LogP contribution in [0.15, 0.2) is 42.5 Å². The summed E-state index contributed by atoms with van der Waals surface area (Å²) in [7, 11) is 0. The van der Waals surface area contributed by atoms with Gasteiger partial charge in [-0.2, -0.15) is 0 Å². The molecule has 0 saturated heterocycles. The van der Waals surface area contributed by atoms with Crippen LogP contribution in [0.4, 0.5) is 0 Å². The summed E-state index contributed by atoms with van der Waals surface area (Å²) in [6.45, 7) is 2.41. The largest absolute Gasteiger partial charge is 0.489 e. The summed E-state index contributed by atoms with van der Waals surface area (Å²) in [5.41, 5.74) is 8.11. The third-order valence-electron chi connectivity index (χ3n) is 3.60. The molecule has 110 valence electrons. The zero-order valence-corrected chi connectivity index (χ0v) is 12.6. The first kappa shape index (κ1) is 14.2. The molecule has 2 aromatic rings. The Morgan fingerprint density at radius 2 is 2.14 bits per heavy atom. The van der Waals surface area contributed by atoms with E-state index in [9.17, 15) is 0 Å². The molecule has 1 aliphatic heterocycles. The molecule has 21 heavy (non-hydrogen) atoms. The SMILES string of the molecule is C[C@@H](N)c1cc(Cl)ccc1OCC1Cc2ccccc2O1. The van der Waals surface area contributed by atoms with Crippen molar-refractivity contribution in [1.82, 2.24) is 0 Å². The van der Waals surface area contributed by atoms with Gasteiger partial charge in [-0.25, -0.2) is 0 Å². The summed E-state index contributed by atoms with van der Waals surface area (Å²) >= 11 is 6.01. The van der Waals surface area contributed by atoms with Crippen LogP contribution in [-0.2, 0) is 6.42 Å². The van der Waals surface area contributed by atoms with Gasteiger partial charge in [0.2, 0.25) is 0 Å². The molecule has 1 aliphatic rings. The van der Waals surface area contributed by atoms with Crippen molar-refractivity contribution in [3.8, 4) is 11.5 Å². The number of halogens is 1. The molecule has 4 heteroatoms. The van der Waals surface area contributed by atoms with Gasteiger partial charge in [-0.05, 0) is 36.8 Å². The molecule has 0 aliphatic carbocycles. The van der Waals surface area contributed by atoms with Gasteiger partial charge < -0.3 is 15.2 Å². The standard InChI is InChI=1S/C17H18ClNO2/c1-11(19)15-9-13(18)6-7-17(15)20-10-14-8-12-4-2-3-5-16(12)21-14/h2-7,9,11,14H,8,10,19H2,1H3/t11-,14?/m1/s1. The van der Waals surface area contributed by atoms with Crippen molar-refractivity contribution < 1.29 is 9.47 Å². The van der Waals surface area contributed by atoms with Crippen LogP contribution in [-0.4, -0.2) is 12.7 Å². The normalized spacial score (nSPS) is 18.0. The number of fused-ring (bicyclic) bond motifs is 1. The predicted octanol–water partition coefficient (Wildman–Crippen LogP) is 3.74. The number of nitrogens with two attached hydrogens (primary N) is 1. The molecule has 3 rings (SSSR count). The molecular formula is C17H18ClNO2. The van der Waals surface area contributed by atoms with Gasteiger partial charge in [0.15, 0.2) is 0 Å². The molecule has 2 atom stereocenters. The lowest BCUT2D eigenvalue weighted by molar-refractivity contribution is 0.147. The highest BCUT2D eigenvalue weighted by Gasteiger charge is 2.23. The van der Waals surface area contributed by atoms with Crippen molar-refractivity contribution in [3.05, 3.63) is 58.6 Å². The first-order valence-corrected chi connectivity index (χ1v) is 7.43. The zero-order chi connectivity index (χ0) is 14.8. The molecule has 0 amide bonds. The molecule has 3 nitrogen and oxygen atoms in total. The average molecular weight is 304 g/mol. The van der Waals surface area contributed by atoms with E-state index in [0.29, 0.717) is 11.6 Å². The van der Waals surface area contributed by atoms with Gasteiger partial charge in [0.1, 0.15) is 24.2 Å². The van der Waals surface area contributed by atoms with Crippen molar-refractivity contribution in [2.24, 2.45) is 5.73 Å². The maximum Gasteiger partial charge on any atom is 0.137 e. The molecule has 0 radical (unpaired) electrons. The Morgan fingerprint density at radius 3 is 2.90 bits per heavy atom. The van der Waals surface area contributed by atoms with E-state index in [1.807, 2.05) is 43.3 Å². The number of rotatable bonds is 4. The Bertz CT molecular complexity index is 617. The summed E-state index contributed by atoms with van der Waals surface area (Å²) < 4.78 is 11.8. The highest BCUT2D eigenvalue weighted by molar-refractivity contribution is 6.30. The van der Waals surface area contributed by atoms with Gasteiger partial charge in [-0.3, -0.25) is 0 Å². The molecule has 1 heterocycles. The first-order chi connectivity index (χ1) is 10.1. The maximum absolute atomic E-state index is 6.01. The van der Waals surface area contributed by atoms with Crippen molar-refractivity contribution in [2.75, 3.05) is 6.61 Å². The van der Waals surface area contributed by atoms with E-state index >= 15 is 0 Å². The predicted molar refractivity (Wildman–Crippen MR) is 84.1 cm³/mol. The van der Waals surface area contributed by atoms with Crippen LogP contribution < -0.4 is 15.2 Å². The fourth-order valence-corrected chi connectivity index (χ4v) is 2.72. The smallest absolute Gasteiger partial charge is 0.137 e. The Balaban J connectivity index is 1.67. The minimum absolute atomic E-state index is 0.0407. The summed E-state index contributed by atoms with van der Waals surface area (Å²) in [6.07, 6.45) is 0.913. The van der Waals surface area contributed by atoms with Crippen molar-refractivity contribution in [1.29, 1.82) is 0 Å². The van der Waals surface area contributed by atoms with Gasteiger partial charge >= 0.3 is 0 Å². The third-order valence-corrected chi connectivity index (χ3v) is 3.84. The van der Waals surface area contributed by atoms with Crippen LogP contribution in [0, 0.1) is 0 Å². The highest BCUT2D eigenvalue weighted by atomic mass is 35.5. The third kappa shape index (κ3) is 3.14. The van der Waals surface area contributed by atoms with Gasteiger partial charge in [0.25, 0.3) is 0 Å². The Hall–Kier alpha value is -1.71. The first-order valence-electron chi connectivity index (χ1n) is 7.06. The Labute approximate surface area is 129 Å². The molecule has 0 aromatic heterocycles. The van der Waals surface area contributed by atoms with E-state index in [2.05, 4.69) is 6.07 Å². The number of para-hydroxylation sites is 1. The molecule has 1 unspecified atom stereocenters. The lowest BCUT2D eigenvalue weighted by atomic mass is 10.1. The van der Waals surface area contributed by atoms with Crippen molar-refractivity contribution in [3.63, 3.8) is 0 Å². The van der Waals surface area contributed by atoms with Crippen LogP contribution >= 0.6 is 11.6 Å². The Kier molecular flexibility index (Phi) is 4.04. The van der Waals surface area contributed by atoms with Crippen LogP contribution in [0.2, 0.25) is 5.02 Å². The topological polar surface area (TPSA) is 44.5 Å². The quantitative estimate of drug-likeness (QED) is 0.935. The van der Waals surface area contributed by atoms with Gasteiger partial charge in [0.05, 0.1) is 0 Å². The van der Waals surface area contributed by atoms with Gasteiger partial charge in [-0.15, -0.1) is 0 Å². The molecular weight excluding hydrogens is 286 g/mol. The van der Waals surface area contributed by atoms with Crippen molar-refractivity contribution >= 4 is 11.6 Å². The summed E-state index contributed by atoms with van der Waals surface area (Å²) in [6, 6.07) is 13.5. The number of hydrogen-bond donors (Lipinski definition) is 1. The van der Waals surface area contributed by atoms with E-state index in [-0.39, 0.29) is 12.1 Å². The lowest BCUT2D eigenvalue weighted by Crippen LogP contribution is -2.23. The number of hydrogen-bond acceptors (Lipinski definition) is 3.